The lowest BCUT2D eigenvalue weighted by Gasteiger charge is -2.22. The molecule has 1 N–H and O–H groups in total. The molecule has 0 heterocycles. The topological polar surface area (TPSA) is 55.4 Å². The number of hydrogen-bond donors (Lipinski definition) is 1. The van der Waals surface area contributed by atoms with Crippen LogP contribution in [0.2, 0.25) is 0 Å². The Morgan fingerprint density at radius 1 is 1.35 bits per heavy atom. The fraction of sp³-hybridized carbons (Fsp3) is 0.600. The maximum atomic E-state index is 12.5. The molecular formula is C15H23NO3S. The van der Waals surface area contributed by atoms with Gasteiger partial charge in [-0.3, -0.25) is 0 Å². The number of ether oxygens (including phenoxy) is 1. The predicted molar refractivity (Wildman–Crippen MR) is 79.9 cm³/mol. The van der Waals surface area contributed by atoms with Gasteiger partial charge >= 0.3 is 0 Å². The van der Waals surface area contributed by atoms with Crippen molar-refractivity contribution < 1.29 is 13.2 Å². The van der Waals surface area contributed by atoms with Gasteiger partial charge in [-0.15, -0.1) is 0 Å². The lowest BCUT2D eigenvalue weighted by molar-refractivity contribution is 0.403. The highest BCUT2D eigenvalue weighted by atomic mass is 32.2. The first-order valence-electron chi connectivity index (χ1n) is 7.11. The van der Waals surface area contributed by atoms with Gasteiger partial charge in [-0.2, -0.15) is 0 Å². The molecule has 5 heteroatoms. The van der Waals surface area contributed by atoms with Gasteiger partial charge in [-0.05, 0) is 44.0 Å². The van der Waals surface area contributed by atoms with E-state index >= 15 is 0 Å². The van der Waals surface area contributed by atoms with Gasteiger partial charge in [0.25, 0.3) is 0 Å². The van der Waals surface area contributed by atoms with Gasteiger partial charge in [-0.25, -0.2) is 8.42 Å². The lowest BCUT2D eigenvalue weighted by Crippen LogP contribution is -2.38. The van der Waals surface area contributed by atoms with Gasteiger partial charge in [0.15, 0.2) is 9.84 Å². The van der Waals surface area contributed by atoms with Crippen LogP contribution in [0, 0.1) is 5.92 Å². The predicted octanol–water partition coefficient (Wildman–Crippen LogP) is 2.25. The first kappa shape index (κ1) is 15.3. The molecule has 0 radical (unpaired) electrons. The third kappa shape index (κ3) is 3.52. The Morgan fingerprint density at radius 3 is 2.65 bits per heavy atom. The fourth-order valence-corrected chi connectivity index (χ4v) is 4.63. The summed E-state index contributed by atoms with van der Waals surface area (Å²) in [6, 6.07) is 6.74. The van der Waals surface area contributed by atoms with Crippen LogP contribution in [-0.2, 0) is 9.84 Å². The van der Waals surface area contributed by atoms with Crippen LogP contribution >= 0.6 is 0 Å². The van der Waals surface area contributed by atoms with Crippen LogP contribution in [0.15, 0.2) is 29.2 Å². The summed E-state index contributed by atoms with van der Waals surface area (Å²) in [6.07, 6.45) is 4.67. The Bertz CT molecular complexity index is 536. The first-order valence-corrected chi connectivity index (χ1v) is 8.76. The zero-order valence-corrected chi connectivity index (χ0v) is 12.9. The molecule has 1 aromatic rings. The molecule has 1 aliphatic carbocycles. The number of nitrogens with one attached hydrogen (secondary N) is 1. The van der Waals surface area contributed by atoms with Crippen LogP contribution in [0.25, 0.3) is 0 Å². The van der Waals surface area contributed by atoms with Crippen molar-refractivity contribution in [3.8, 4) is 5.75 Å². The molecular weight excluding hydrogens is 274 g/mol. The third-order valence-corrected chi connectivity index (χ3v) is 5.91. The van der Waals surface area contributed by atoms with Gasteiger partial charge in [0.2, 0.25) is 0 Å². The molecule has 4 nitrogen and oxygen atoms in total. The molecule has 2 rings (SSSR count). The summed E-state index contributed by atoms with van der Waals surface area (Å²) in [5, 5.41) is 3.19. The van der Waals surface area contributed by atoms with Crippen molar-refractivity contribution in [1.82, 2.24) is 5.32 Å². The Labute approximate surface area is 121 Å². The monoisotopic (exact) mass is 297 g/mol. The minimum Gasteiger partial charge on any atom is -0.497 e. The lowest BCUT2D eigenvalue weighted by atomic mass is 10.0. The fourth-order valence-electron chi connectivity index (χ4n) is 2.94. The van der Waals surface area contributed by atoms with Gasteiger partial charge in [0.05, 0.1) is 17.8 Å². The standard InChI is InChI=1S/C15H23NO3S/c1-16-15(12-6-3-4-7-12)11-20(17,18)14-9-5-8-13(10-14)19-2/h5,8-10,12,15-16H,3-4,6-7,11H2,1-2H3. The molecule has 0 spiro atoms. The molecule has 1 aliphatic rings. The Morgan fingerprint density at radius 2 is 2.05 bits per heavy atom. The molecule has 1 fully saturated rings. The second kappa shape index (κ2) is 6.59. The van der Waals surface area contributed by atoms with Crippen molar-refractivity contribution >= 4 is 9.84 Å². The molecule has 0 bridgehead atoms. The van der Waals surface area contributed by atoms with Crippen LogP contribution in [0.5, 0.6) is 5.75 Å². The van der Waals surface area contributed by atoms with Crippen LogP contribution in [-0.4, -0.2) is 34.4 Å². The number of rotatable bonds is 6. The zero-order chi connectivity index (χ0) is 14.6. The van der Waals surface area contributed by atoms with E-state index in [1.165, 1.54) is 12.8 Å². The van der Waals surface area contributed by atoms with Crippen molar-refractivity contribution in [3.05, 3.63) is 24.3 Å². The number of methoxy groups -OCH3 is 1. The van der Waals surface area contributed by atoms with Gasteiger partial charge in [0.1, 0.15) is 5.75 Å². The van der Waals surface area contributed by atoms with Crippen molar-refractivity contribution in [3.63, 3.8) is 0 Å². The van der Waals surface area contributed by atoms with E-state index in [1.807, 2.05) is 7.05 Å². The van der Waals surface area contributed by atoms with Crippen molar-refractivity contribution in [2.24, 2.45) is 5.92 Å². The molecule has 1 atom stereocenters. The van der Waals surface area contributed by atoms with Gasteiger partial charge in [-0.1, -0.05) is 18.9 Å². The SMILES string of the molecule is CNC(CS(=O)(=O)c1cccc(OC)c1)C1CCCC1. The van der Waals surface area contributed by atoms with E-state index in [0.717, 1.165) is 12.8 Å². The summed E-state index contributed by atoms with van der Waals surface area (Å²) in [6.45, 7) is 0. The maximum absolute atomic E-state index is 12.5. The average Bonchev–Trinajstić information content (AvgIpc) is 2.99. The smallest absolute Gasteiger partial charge is 0.180 e. The van der Waals surface area contributed by atoms with Crippen LogP contribution in [0.4, 0.5) is 0 Å². The highest BCUT2D eigenvalue weighted by Gasteiger charge is 2.29. The quantitative estimate of drug-likeness (QED) is 0.875. The molecule has 112 valence electrons. The van der Waals surface area contributed by atoms with Crippen LogP contribution < -0.4 is 10.1 Å². The Hall–Kier alpha value is -1.07. The highest BCUT2D eigenvalue weighted by molar-refractivity contribution is 7.91. The summed E-state index contributed by atoms with van der Waals surface area (Å²) < 4.78 is 30.2. The number of benzene rings is 1. The summed E-state index contributed by atoms with van der Waals surface area (Å²) in [7, 11) is 0.109. The minimum absolute atomic E-state index is 0.0358. The second-order valence-electron chi connectivity index (χ2n) is 5.40. The molecule has 20 heavy (non-hydrogen) atoms. The van der Waals surface area contributed by atoms with Crippen molar-refractivity contribution in [2.75, 3.05) is 19.9 Å². The normalized spacial score (nSPS) is 18.1. The van der Waals surface area contributed by atoms with E-state index in [4.69, 9.17) is 4.74 Å². The Kier molecular flexibility index (Phi) is 5.05. The average molecular weight is 297 g/mol. The molecule has 1 aromatic carbocycles. The molecule has 1 saturated carbocycles. The number of hydrogen-bond acceptors (Lipinski definition) is 4. The molecule has 1 unspecified atom stereocenters. The molecule has 0 aliphatic heterocycles. The third-order valence-electron chi connectivity index (χ3n) is 4.14. The molecule has 0 amide bonds. The second-order valence-corrected chi connectivity index (χ2v) is 7.43. The van der Waals surface area contributed by atoms with Crippen LogP contribution in [0.3, 0.4) is 0 Å². The van der Waals surface area contributed by atoms with Crippen LogP contribution in [0.1, 0.15) is 25.7 Å². The minimum atomic E-state index is -3.28. The van der Waals surface area contributed by atoms with E-state index in [0.29, 0.717) is 16.6 Å². The summed E-state index contributed by atoms with van der Waals surface area (Å²) in [5.41, 5.74) is 0. The van der Waals surface area contributed by atoms with E-state index in [1.54, 1.807) is 31.4 Å². The summed E-state index contributed by atoms with van der Waals surface area (Å²) in [5.74, 6) is 1.20. The van der Waals surface area contributed by atoms with Gasteiger partial charge in [0, 0.05) is 6.04 Å². The van der Waals surface area contributed by atoms with Crippen molar-refractivity contribution in [1.29, 1.82) is 0 Å². The zero-order valence-electron chi connectivity index (χ0n) is 12.1. The number of sulfone groups is 1. The molecule has 0 aromatic heterocycles. The van der Waals surface area contributed by atoms with Gasteiger partial charge < -0.3 is 10.1 Å². The van der Waals surface area contributed by atoms with Crippen molar-refractivity contribution in [2.45, 2.75) is 36.6 Å². The largest absolute Gasteiger partial charge is 0.497 e. The summed E-state index contributed by atoms with van der Waals surface area (Å²) in [4.78, 5) is 0.343. The summed E-state index contributed by atoms with van der Waals surface area (Å²) >= 11 is 0. The van der Waals surface area contributed by atoms with E-state index < -0.39 is 9.84 Å². The highest BCUT2D eigenvalue weighted by Crippen LogP contribution is 2.29. The molecule has 0 saturated heterocycles. The maximum Gasteiger partial charge on any atom is 0.180 e. The Balaban J connectivity index is 2.16. The van der Waals surface area contributed by atoms with E-state index in [9.17, 15) is 8.42 Å². The first-order chi connectivity index (χ1) is 9.56. The van der Waals surface area contributed by atoms with E-state index in [2.05, 4.69) is 5.32 Å². The van der Waals surface area contributed by atoms with E-state index in [-0.39, 0.29) is 11.8 Å².